The Morgan fingerprint density at radius 3 is 2.56 bits per heavy atom. The smallest absolute Gasteiger partial charge is 0.256 e. The molecule has 0 aliphatic carbocycles. The summed E-state index contributed by atoms with van der Waals surface area (Å²) in [5.41, 5.74) is 0. The van der Waals surface area contributed by atoms with E-state index in [0.29, 0.717) is 12.4 Å². The molecule has 16 heavy (non-hydrogen) atoms. The van der Waals surface area contributed by atoms with Crippen LogP contribution in [0.1, 0.15) is 6.92 Å². The highest BCUT2D eigenvalue weighted by atomic mass is 19.1. The summed E-state index contributed by atoms with van der Waals surface area (Å²) in [6.45, 7) is 2.48. The van der Waals surface area contributed by atoms with Gasteiger partial charge in [-0.25, -0.2) is 15.0 Å². The van der Waals surface area contributed by atoms with Crippen molar-refractivity contribution in [2.24, 2.45) is 0 Å². The second-order valence-electron chi connectivity index (χ2n) is 3.10. The molecule has 0 atom stereocenters. The molecule has 0 radical (unpaired) electrons. The summed E-state index contributed by atoms with van der Waals surface area (Å²) in [4.78, 5) is 13.4. The predicted molar refractivity (Wildman–Crippen MR) is 58.9 cm³/mol. The molecule has 0 aliphatic rings. The number of hydrogen-bond donors (Lipinski definition) is 0. The van der Waals surface area contributed by atoms with Crippen molar-refractivity contribution in [3.05, 3.63) is 42.7 Å². The van der Waals surface area contributed by atoms with E-state index in [1.165, 1.54) is 12.4 Å². The van der Waals surface area contributed by atoms with E-state index in [1.807, 2.05) is 19.1 Å². The fourth-order valence-corrected chi connectivity index (χ4v) is 1.43. The van der Waals surface area contributed by atoms with Crippen LogP contribution in [0.15, 0.2) is 36.8 Å². The first-order valence-electron chi connectivity index (χ1n) is 4.98. The summed E-state index contributed by atoms with van der Waals surface area (Å²) in [7, 11) is 0. The molecule has 0 saturated heterocycles. The van der Waals surface area contributed by atoms with Crippen molar-refractivity contribution in [2.45, 2.75) is 6.92 Å². The van der Waals surface area contributed by atoms with Crippen LogP contribution in [0, 0.1) is 5.95 Å². The molecule has 2 aromatic heterocycles. The third-order valence-corrected chi connectivity index (χ3v) is 2.13. The minimum atomic E-state index is -0.588. The van der Waals surface area contributed by atoms with Gasteiger partial charge in [0, 0.05) is 25.1 Å². The fourth-order valence-electron chi connectivity index (χ4n) is 1.43. The van der Waals surface area contributed by atoms with Crippen LogP contribution in [-0.4, -0.2) is 21.5 Å². The quantitative estimate of drug-likeness (QED) is 0.791. The van der Waals surface area contributed by atoms with Gasteiger partial charge in [0.1, 0.15) is 5.82 Å². The summed E-state index contributed by atoms with van der Waals surface area (Å²) >= 11 is 0. The number of aromatic nitrogens is 3. The summed E-state index contributed by atoms with van der Waals surface area (Å²) in [6, 6.07) is 5.46. The minimum Gasteiger partial charge on any atom is -0.307 e. The summed E-state index contributed by atoms with van der Waals surface area (Å²) < 4.78 is 13.5. The lowest BCUT2D eigenvalue weighted by atomic mass is 10.4. The first-order valence-corrected chi connectivity index (χ1v) is 4.98. The fraction of sp³-hybridized carbons (Fsp3) is 0.182. The van der Waals surface area contributed by atoms with Crippen LogP contribution in [0.2, 0.25) is 0 Å². The zero-order valence-electron chi connectivity index (χ0n) is 8.84. The average molecular weight is 218 g/mol. The van der Waals surface area contributed by atoms with Crippen molar-refractivity contribution in [2.75, 3.05) is 11.4 Å². The van der Waals surface area contributed by atoms with E-state index in [-0.39, 0.29) is 5.82 Å². The second kappa shape index (κ2) is 4.65. The Morgan fingerprint density at radius 1 is 1.12 bits per heavy atom. The van der Waals surface area contributed by atoms with Crippen LogP contribution in [0.5, 0.6) is 0 Å². The summed E-state index contributed by atoms with van der Waals surface area (Å²) in [5.74, 6) is 0.267. The van der Waals surface area contributed by atoms with Crippen molar-refractivity contribution < 1.29 is 4.39 Å². The predicted octanol–water partition coefficient (Wildman–Crippen LogP) is 2.17. The molecule has 5 heteroatoms. The maximum Gasteiger partial charge on any atom is 0.256 e. The Labute approximate surface area is 92.8 Å². The van der Waals surface area contributed by atoms with Crippen LogP contribution in [0.3, 0.4) is 0 Å². The highest BCUT2D eigenvalue weighted by molar-refractivity contribution is 5.54. The molecular formula is C11H11FN4. The first-order chi connectivity index (χ1) is 7.83. The minimum absolute atomic E-state index is 0.198. The molecule has 0 spiro atoms. The zero-order chi connectivity index (χ0) is 11.4. The maximum atomic E-state index is 13.5. The average Bonchev–Trinajstić information content (AvgIpc) is 2.34. The lowest BCUT2D eigenvalue weighted by Crippen LogP contribution is -2.20. The molecule has 0 aliphatic heterocycles. The van der Waals surface area contributed by atoms with Gasteiger partial charge in [-0.3, -0.25) is 0 Å². The number of anilines is 2. The Bertz CT molecular complexity index is 461. The van der Waals surface area contributed by atoms with E-state index < -0.39 is 5.95 Å². The molecule has 0 saturated carbocycles. The summed E-state index contributed by atoms with van der Waals surface area (Å²) in [6.07, 6.45) is 4.45. The van der Waals surface area contributed by atoms with Gasteiger partial charge in [0.05, 0.1) is 0 Å². The highest BCUT2D eigenvalue weighted by Crippen LogP contribution is 2.21. The molecule has 0 amide bonds. The second-order valence-corrected chi connectivity index (χ2v) is 3.10. The van der Waals surface area contributed by atoms with Crippen molar-refractivity contribution in [1.29, 1.82) is 0 Å². The van der Waals surface area contributed by atoms with E-state index in [4.69, 9.17) is 0 Å². The van der Waals surface area contributed by atoms with Crippen LogP contribution in [0.4, 0.5) is 16.0 Å². The summed E-state index contributed by atoms with van der Waals surface area (Å²) in [5, 5.41) is 0. The number of nitrogens with zero attached hydrogens (tertiary/aromatic N) is 4. The van der Waals surface area contributed by atoms with Gasteiger partial charge in [0.2, 0.25) is 0 Å². The van der Waals surface area contributed by atoms with Gasteiger partial charge in [0.25, 0.3) is 5.95 Å². The van der Waals surface area contributed by atoms with Gasteiger partial charge in [0.15, 0.2) is 5.82 Å². The molecular weight excluding hydrogens is 207 g/mol. The Balaban J connectivity index is 2.41. The molecule has 2 aromatic rings. The molecule has 2 heterocycles. The van der Waals surface area contributed by atoms with Crippen LogP contribution in [0.25, 0.3) is 0 Å². The molecule has 2 rings (SSSR count). The number of hydrogen-bond acceptors (Lipinski definition) is 4. The van der Waals surface area contributed by atoms with Crippen LogP contribution in [-0.2, 0) is 0 Å². The number of halogens is 1. The molecule has 0 bridgehead atoms. The standard InChI is InChI=1S/C11H11FN4/c1-2-16(9-5-3-4-6-13-9)11-10(12)14-7-8-15-11/h3-8H,2H2,1H3. The van der Waals surface area contributed by atoms with E-state index in [1.54, 1.807) is 17.2 Å². The Morgan fingerprint density at radius 2 is 1.94 bits per heavy atom. The van der Waals surface area contributed by atoms with Crippen molar-refractivity contribution in [3.63, 3.8) is 0 Å². The molecule has 0 fully saturated rings. The monoisotopic (exact) mass is 218 g/mol. The normalized spacial score (nSPS) is 10.1. The zero-order valence-corrected chi connectivity index (χ0v) is 8.84. The maximum absolute atomic E-state index is 13.5. The van der Waals surface area contributed by atoms with Gasteiger partial charge >= 0.3 is 0 Å². The van der Waals surface area contributed by atoms with E-state index in [0.717, 1.165) is 0 Å². The van der Waals surface area contributed by atoms with Gasteiger partial charge in [-0.2, -0.15) is 4.39 Å². The van der Waals surface area contributed by atoms with Crippen LogP contribution >= 0.6 is 0 Å². The van der Waals surface area contributed by atoms with Crippen molar-refractivity contribution >= 4 is 11.6 Å². The molecule has 0 unspecified atom stereocenters. The first kappa shape index (κ1) is 10.5. The van der Waals surface area contributed by atoms with E-state index in [9.17, 15) is 4.39 Å². The largest absolute Gasteiger partial charge is 0.307 e. The SMILES string of the molecule is CCN(c1ccccn1)c1nccnc1F. The number of rotatable bonds is 3. The highest BCUT2D eigenvalue weighted by Gasteiger charge is 2.14. The lowest BCUT2D eigenvalue weighted by Gasteiger charge is -2.20. The van der Waals surface area contributed by atoms with Gasteiger partial charge in [-0.15, -0.1) is 0 Å². The third-order valence-electron chi connectivity index (χ3n) is 2.13. The molecule has 82 valence electrons. The molecule has 0 N–H and O–H groups in total. The van der Waals surface area contributed by atoms with Crippen molar-refractivity contribution in [1.82, 2.24) is 15.0 Å². The van der Waals surface area contributed by atoms with Gasteiger partial charge < -0.3 is 4.90 Å². The Kier molecular flexibility index (Phi) is 3.05. The topological polar surface area (TPSA) is 41.9 Å². The Hall–Kier alpha value is -2.04. The van der Waals surface area contributed by atoms with Crippen LogP contribution < -0.4 is 4.90 Å². The molecule has 0 aromatic carbocycles. The van der Waals surface area contributed by atoms with Crippen molar-refractivity contribution in [3.8, 4) is 0 Å². The lowest BCUT2D eigenvalue weighted by molar-refractivity contribution is 0.574. The van der Waals surface area contributed by atoms with E-state index >= 15 is 0 Å². The van der Waals surface area contributed by atoms with Gasteiger partial charge in [-0.1, -0.05) is 6.07 Å². The van der Waals surface area contributed by atoms with E-state index in [2.05, 4.69) is 15.0 Å². The molecule has 4 nitrogen and oxygen atoms in total. The third kappa shape index (κ3) is 1.98. The number of pyridine rings is 1. The van der Waals surface area contributed by atoms with Gasteiger partial charge in [-0.05, 0) is 19.1 Å².